The summed E-state index contributed by atoms with van der Waals surface area (Å²) in [5, 5.41) is 3.33. The molecule has 0 radical (unpaired) electrons. The molecule has 1 aliphatic carbocycles. The first-order valence-corrected chi connectivity index (χ1v) is 7.70. The lowest BCUT2D eigenvalue weighted by Crippen LogP contribution is -2.24. The number of nitrogens with two attached hydrogens (primary N) is 1. The number of nitrogens with one attached hydrogen (secondary N) is 2. The summed E-state index contributed by atoms with van der Waals surface area (Å²) in [7, 11) is 0. The van der Waals surface area contributed by atoms with Crippen LogP contribution in [0.2, 0.25) is 0 Å². The predicted molar refractivity (Wildman–Crippen MR) is 78.0 cm³/mol. The second kappa shape index (κ2) is 6.71. The van der Waals surface area contributed by atoms with Crippen LogP contribution in [0, 0.1) is 0 Å². The summed E-state index contributed by atoms with van der Waals surface area (Å²) >= 11 is -2.42. The molecule has 2 rings (SSSR count). The number of hydrogen-bond acceptors (Lipinski definition) is 4. The topological polar surface area (TPSA) is 107 Å². The van der Waals surface area contributed by atoms with E-state index in [-0.39, 0.29) is 0 Å². The van der Waals surface area contributed by atoms with E-state index in [0.29, 0.717) is 23.0 Å². The Balaban J connectivity index is 2.18. The van der Waals surface area contributed by atoms with Crippen LogP contribution >= 0.6 is 0 Å². The smallest absolute Gasteiger partial charge is 0.250 e. The van der Waals surface area contributed by atoms with E-state index in [1.165, 1.54) is 25.3 Å². The zero-order chi connectivity index (χ0) is 14.5. The van der Waals surface area contributed by atoms with Crippen molar-refractivity contribution in [3.63, 3.8) is 0 Å². The molecule has 0 bridgehead atoms. The molecule has 1 saturated carbocycles. The summed E-state index contributed by atoms with van der Waals surface area (Å²) in [6.07, 6.45) is 5.75. The van der Waals surface area contributed by atoms with Gasteiger partial charge in [0, 0.05) is 28.7 Å². The number of rotatable bonds is 5. The number of amides is 1. The van der Waals surface area contributed by atoms with E-state index in [1.54, 1.807) is 12.1 Å². The second-order valence-electron chi connectivity index (χ2n) is 4.94. The molecule has 1 unspecified atom stereocenters. The molecule has 1 aromatic carbocycles. The first-order chi connectivity index (χ1) is 9.56. The summed E-state index contributed by atoms with van der Waals surface area (Å²) in [5.41, 5.74) is 6.64. The van der Waals surface area contributed by atoms with Crippen LogP contribution in [0.5, 0.6) is 0 Å². The standard InChI is InChI=1S/C13H19N3O3S/c14-13(17)11-8-10(16-20(18)19)6-7-12(11)15-9-4-2-1-3-5-9/h6-9,15-16H,1-5H2,(H2,14,17)(H,18,19)/p-1. The number of primary amides is 1. The molecule has 0 saturated heterocycles. The lowest BCUT2D eigenvalue weighted by Gasteiger charge is -2.25. The van der Waals surface area contributed by atoms with Crippen LogP contribution in [0.15, 0.2) is 18.2 Å². The molecule has 7 heteroatoms. The molecule has 1 atom stereocenters. The van der Waals surface area contributed by atoms with E-state index >= 15 is 0 Å². The van der Waals surface area contributed by atoms with Crippen LogP contribution in [0.1, 0.15) is 42.5 Å². The Bertz CT molecular complexity index is 516. The average molecular weight is 296 g/mol. The molecule has 0 aromatic heterocycles. The summed E-state index contributed by atoms with van der Waals surface area (Å²) in [6, 6.07) is 5.08. The minimum Gasteiger partial charge on any atom is -0.755 e. The van der Waals surface area contributed by atoms with Crippen molar-refractivity contribution in [2.75, 3.05) is 10.0 Å². The maximum Gasteiger partial charge on any atom is 0.250 e. The maximum absolute atomic E-state index is 11.5. The Kier molecular flexibility index (Phi) is 4.97. The van der Waals surface area contributed by atoms with Crippen LogP contribution < -0.4 is 15.8 Å². The molecule has 0 aliphatic heterocycles. The van der Waals surface area contributed by atoms with Crippen molar-refractivity contribution in [1.29, 1.82) is 0 Å². The maximum atomic E-state index is 11.5. The van der Waals surface area contributed by atoms with Crippen LogP contribution in [0.25, 0.3) is 0 Å². The molecule has 1 amide bonds. The first-order valence-electron chi connectivity index (χ1n) is 6.62. The van der Waals surface area contributed by atoms with E-state index in [0.717, 1.165) is 12.8 Å². The largest absolute Gasteiger partial charge is 0.755 e. The minimum atomic E-state index is -2.42. The van der Waals surface area contributed by atoms with Crippen LogP contribution in [-0.2, 0) is 11.3 Å². The molecule has 110 valence electrons. The third kappa shape index (κ3) is 3.94. The van der Waals surface area contributed by atoms with Crippen molar-refractivity contribution in [3.8, 4) is 0 Å². The fourth-order valence-electron chi connectivity index (χ4n) is 2.50. The minimum absolute atomic E-state index is 0.297. The molecular formula is C13H18N3O3S-. The third-order valence-electron chi connectivity index (χ3n) is 3.45. The lowest BCUT2D eigenvalue weighted by molar-refractivity contribution is 0.100. The Morgan fingerprint density at radius 2 is 2.00 bits per heavy atom. The van der Waals surface area contributed by atoms with E-state index in [4.69, 9.17) is 5.73 Å². The second-order valence-corrected chi connectivity index (χ2v) is 5.61. The molecule has 1 aliphatic rings. The highest BCUT2D eigenvalue weighted by Gasteiger charge is 2.16. The van der Waals surface area contributed by atoms with Crippen molar-refractivity contribution in [2.24, 2.45) is 5.73 Å². The highest BCUT2D eigenvalue weighted by molar-refractivity contribution is 7.80. The molecule has 6 nitrogen and oxygen atoms in total. The zero-order valence-electron chi connectivity index (χ0n) is 11.1. The van der Waals surface area contributed by atoms with Gasteiger partial charge in [-0.1, -0.05) is 19.3 Å². The Morgan fingerprint density at radius 1 is 1.30 bits per heavy atom. The first kappa shape index (κ1) is 14.8. The predicted octanol–water partition coefficient (Wildman–Crippen LogP) is 1.74. The molecule has 0 spiro atoms. The fourth-order valence-corrected chi connectivity index (χ4v) is 2.82. The van der Waals surface area contributed by atoms with Crippen molar-refractivity contribution in [2.45, 2.75) is 38.1 Å². The Hall–Kier alpha value is -1.60. The van der Waals surface area contributed by atoms with E-state index in [1.807, 2.05) is 0 Å². The van der Waals surface area contributed by atoms with Gasteiger partial charge in [-0.15, -0.1) is 0 Å². The Labute approximate surface area is 120 Å². The molecule has 20 heavy (non-hydrogen) atoms. The van der Waals surface area contributed by atoms with Crippen molar-refractivity contribution >= 4 is 28.5 Å². The van der Waals surface area contributed by atoms with Gasteiger partial charge in [-0.25, -0.2) is 0 Å². The summed E-state index contributed by atoms with van der Waals surface area (Å²) in [6.45, 7) is 0. The average Bonchev–Trinajstić information content (AvgIpc) is 2.41. The van der Waals surface area contributed by atoms with Gasteiger partial charge in [0.15, 0.2) is 0 Å². The molecule has 4 N–H and O–H groups in total. The molecular weight excluding hydrogens is 278 g/mol. The van der Waals surface area contributed by atoms with Crippen LogP contribution in [-0.4, -0.2) is 20.7 Å². The number of hydrogen-bond donors (Lipinski definition) is 3. The van der Waals surface area contributed by atoms with Crippen molar-refractivity contribution < 1.29 is 13.6 Å². The van der Waals surface area contributed by atoms with Gasteiger partial charge in [0.05, 0.1) is 5.56 Å². The fraction of sp³-hybridized carbons (Fsp3) is 0.462. The zero-order valence-corrected chi connectivity index (χ0v) is 11.9. The van der Waals surface area contributed by atoms with Gasteiger partial charge in [0.1, 0.15) is 0 Å². The van der Waals surface area contributed by atoms with Gasteiger partial charge in [-0.05, 0) is 31.0 Å². The normalized spacial score (nSPS) is 17.4. The number of anilines is 2. The Morgan fingerprint density at radius 3 is 2.60 bits per heavy atom. The van der Waals surface area contributed by atoms with E-state index in [9.17, 15) is 13.6 Å². The van der Waals surface area contributed by atoms with Gasteiger partial charge < -0.3 is 20.3 Å². The highest BCUT2D eigenvalue weighted by Crippen LogP contribution is 2.25. The summed E-state index contributed by atoms with van der Waals surface area (Å²) < 4.78 is 23.4. The van der Waals surface area contributed by atoms with Gasteiger partial charge in [0.2, 0.25) is 0 Å². The van der Waals surface area contributed by atoms with Gasteiger partial charge in [-0.2, -0.15) is 0 Å². The van der Waals surface area contributed by atoms with Crippen LogP contribution in [0.3, 0.4) is 0 Å². The molecule has 1 fully saturated rings. The number of carbonyl (C=O) groups excluding carboxylic acids is 1. The summed E-state index contributed by atoms with van der Waals surface area (Å²) in [4.78, 5) is 11.5. The quantitative estimate of drug-likeness (QED) is 0.719. The van der Waals surface area contributed by atoms with Gasteiger partial charge >= 0.3 is 0 Å². The van der Waals surface area contributed by atoms with Gasteiger partial charge in [0.25, 0.3) is 5.91 Å². The molecule has 1 aromatic rings. The monoisotopic (exact) mass is 296 g/mol. The van der Waals surface area contributed by atoms with Crippen molar-refractivity contribution in [3.05, 3.63) is 23.8 Å². The number of benzene rings is 1. The highest BCUT2D eigenvalue weighted by atomic mass is 32.2. The third-order valence-corrected chi connectivity index (χ3v) is 3.85. The molecule has 0 heterocycles. The van der Waals surface area contributed by atoms with Crippen LogP contribution in [0.4, 0.5) is 11.4 Å². The summed E-state index contributed by atoms with van der Waals surface area (Å²) in [5.74, 6) is -0.580. The lowest BCUT2D eigenvalue weighted by atomic mass is 9.95. The van der Waals surface area contributed by atoms with Gasteiger partial charge in [-0.3, -0.25) is 9.00 Å². The van der Waals surface area contributed by atoms with E-state index < -0.39 is 17.2 Å². The van der Waals surface area contributed by atoms with E-state index in [2.05, 4.69) is 10.0 Å². The number of carbonyl (C=O) groups is 1. The SMILES string of the molecule is NC(=O)c1cc(NS(=O)[O-])ccc1NC1CCCCC1. The van der Waals surface area contributed by atoms with Crippen molar-refractivity contribution in [1.82, 2.24) is 0 Å².